The Balaban J connectivity index is 1.81. The van der Waals surface area contributed by atoms with Gasteiger partial charge >= 0.3 is 0 Å². The molecule has 0 radical (unpaired) electrons. The predicted octanol–water partition coefficient (Wildman–Crippen LogP) is 3.56. The van der Waals surface area contributed by atoms with Crippen LogP contribution in [0.2, 0.25) is 0 Å². The van der Waals surface area contributed by atoms with Crippen molar-refractivity contribution in [1.82, 2.24) is 15.1 Å². The summed E-state index contributed by atoms with van der Waals surface area (Å²) >= 11 is 0. The van der Waals surface area contributed by atoms with Crippen LogP contribution in [-0.4, -0.2) is 23.9 Å². The summed E-state index contributed by atoms with van der Waals surface area (Å²) in [5.41, 5.74) is 1.22. The first-order valence-electron chi connectivity index (χ1n) is 8.42. The lowest BCUT2D eigenvalue weighted by Crippen LogP contribution is -2.26. The average Bonchev–Trinajstić information content (AvgIpc) is 3.18. The molecule has 1 N–H and O–H groups in total. The molecule has 118 valence electrons. The highest BCUT2D eigenvalue weighted by Crippen LogP contribution is 2.51. The number of hydrogen-bond acceptors (Lipinski definition) is 3. The van der Waals surface area contributed by atoms with Crippen LogP contribution in [0.3, 0.4) is 0 Å². The summed E-state index contributed by atoms with van der Waals surface area (Å²) in [4.78, 5) is 0. The van der Waals surface area contributed by atoms with E-state index in [1.807, 2.05) is 6.20 Å². The molecule has 0 amide bonds. The van der Waals surface area contributed by atoms with Crippen molar-refractivity contribution in [3.05, 3.63) is 11.9 Å². The first-order valence-corrected chi connectivity index (χ1v) is 8.42. The topological polar surface area (TPSA) is 39.1 Å². The number of ether oxygens (including phenoxy) is 1. The SMILES string of the molecule is CNC(CC1CC2CCC1C2)c1c(OC)cnn1C(C)C. The fourth-order valence-electron chi connectivity index (χ4n) is 4.59. The van der Waals surface area contributed by atoms with E-state index in [0.717, 1.165) is 23.5 Å². The second kappa shape index (κ2) is 5.99. The van der Waals surface area contributed by atoms with E-state index in [-0.39, 0.29) is 0 Å². The van der Waals surface area contributed by atoms with Gasteiger partial charge in [0.05, 0.1) is 25.0 Å². The highest BCUT2D eigenvalue weighted by molar-refractivity contribution is 5.29. The van der Waals surface area contributed by atoms with Crippen molar-refractivity contribution in [2.45, 2.75) is 58.0 Å². The Morgan fingerprint density at radius 1 is 1.38 bits per heavy atom. The number of methoxy groups -OCH3 is 1. The smallest absolute Gasteiger partial charge is 0.161 e. The summed E-state index contributed by atoms with van der Waals surface area (Å²) in [5, 5.41) is 8.05. The summed E-state index contributed by atoms with van der Waals surface area (Å²) in [7, 11) is 3.81. The molecule has 2 aliphatic rings. The van der Waals surface area contributed by atoms with E-state index in [2.05, 4.69) is 36.0 Å². The van der Waals surface area contributed by atoms with E-state index >= 15 is 0 Å². The van der Waals surface area contributed by atoms with Gasteiger partial charge in [-0.15, -0.1) is 0 Å². The van der Waals surface area contributed by atoms with Crippen molar-refractivity contribution in [3.8, 4) is 5.75 Å². The zero-order chi connectivity index (χ0) is 15.0. The fraction of sp³-hybridized carbons (Fsp3) is 0.824. The molecule has 2 bridgehead atoms. The molecule has 3 rings (SSSR count). The molecule has 2 saturated carbocycles. The number of hydrogen-bond donors (Lipinski definition) is 1. The van der Waals surface area contributed by atoms with Crippen LogP contribution in [-0.2, 0) is 0 Å². The van der Waals surface area contributed by atoms with Crippen LogP contribution in [0.25, 0.3) is 0 Å². The minimum Gasteiger partial charge on any atom is -0.493 e. The molecule has 1 heterocycles. The molecule has 21 heavy (non-hydrogen) atoms. The largest absolute Gasteiger partial charge is 0.493 e. The standard InChI is InChI=1S/C17H29N3O/c1-11(2)20-17(16(21-4)10-19-20)15(18-3)9-14-8-12-5-6-13(14)7-12/h10-15,18H,5-9H2,1-4H3. The van der Waals surface area contributed by atoms with Crippen molar-refractivity contribution in [2.75, 3.05) is 14.2 Å². The maximum atomic E-state index is 5.56. The molecule has 2 fully saturated rings. The zero-order valence-corrected chi connectivity index (χ0v) is 13.8. The second-order valence-corrected chi connectivity index (χ2v) is 7.15. The third kappa shape index (κ3) is 2.70. The van der Waals surface area contributed by atoms with E-state index in [9.17, 15) is 0 Å². The van der Waals surface area contributed by atoms with Gasteiger partial charge in [0.1, 0.15) is 0 Å². The lowest BCUT2D eigenvalue weighted by atomic mass is 9.83. The molecular formula is C17H29N3O. The third-order valence-electron chi connectivity index (χ3n) is 5.61. The maximum Gasteiger partial charge on any atom is 0.161 e. The number of nitrogens with one attached hydrogen (secondary N) is 1. The van der Waals surface area contributed by atoms with Crippen LogP contribution >= 0.6 is 0 Å². The number of rotatable bonds is 6. The Kier molecular flexibility index (Phi) is 4.25. The van der Waals surface area contributed by atoms with Gasteiger partial charge in [0, 0.05) is 6.04 Å². The van der Waals surface area contributed by atoms with Gasteiger partial charge in [-0.05, 0) is 64.3 Å². The Labute approximate surface area is 128 Å². The lowest BCUT2D eigenvalue weighted by molar-refractivity contribution is 0.273. The van der Waals surface area contributed by atoms with Gasteiger partial charge < -0.3 is 10.1 Å². The predicted molar refractivity (Wildman–Crippen MR) is 84.5 cm³/mol. The molecule has 2 aliphatic carbocycles. The molecule has 4 nitrogen and oxygen atoms in total. The van der Waals surface area contributed by atoms with Gasteiger partial charge in [-0.1, -0.05) is 6.42 Å². The molecule has 0 spiro atoms. The van der Waals surface area contributed by atoms with Gasteiger partial charge in [-0.3, -0.25) is 4.68 Å². The van der Waals surface area contributed by atoms with Gasteiger partial charge in [-0.25, -0.2) is 0 Å². The Morgan fingerprint density at radius 3 is 2.71 bits per heavy atom. The first-order chi connectivity index (χ1) is 10.1. The molecule has 0 saturated heterocycles. The van der Waals surface area contributed by atoms with Crippen LogP contribution < -0.4 is 10.1 Å². The monoisotopic (exact) mass is 291 g/mol. The van der Waals surface area contributed by atoms with Crippen LogP contribution in [0.15, 0.2) is 6.20 Å². The van der Waals surface area contributed by atoms with Gasteiger partial charge in [-0.2, -0.15) is 5.10 Å². The third-order valence-corrected chi connectivity index (χ3v) is 5.61. The summed E-state index contributed by atoms with van der Waals surface area (Å²) in [6, 6.07) is 0.703. The first kappa shape index (κ1) is 14.9. The zero-order valence-electron chi connectivity index (χ0n) is 13.8. The summed E-state index contributed by atoms with van der Waals surface area (Å²) in [5.74, 6) is 3.77. The summed E-state index contributed by atoms with van der Waals surface area (Å²) in [6.07, 6.45) is 8.90. The minimum absolute atomic E-state index is 0.342. The minimum atomic E-state index is 0.342. The summed E-state index contributed by atoms with van der Waals surface area (Å²) < 4.78 is 7.68. The molecule has 0 aromatic carbocycles. The number of aromatic nitrogens is 2. The maximum absolute atomic E-state index is 5.56. The van der Waals surface area contributed by atoms with Crippen molar-refractivity contribution in [3.63, 3.8) is 0 Å². The van der Waals surface area contributed by atoms with Crippen molar-refractivity contribution < 1.29 is 4.74 Å². The normalized spacial score (nSPS) is 29.3. The Morgan fingerprint density at radius 2 is 2.19 bits per heavy atom. The van der Waals surface area contributed by atoms with E-state index in [1.54, 1.807) is 7.11 Å². The van der Waals surface area contributed by atoms with Crippen LogP contribution in [0.1, 0.15) is 63.7 Å². The van der Waals surface area contributed by atoms with Gasteiger partial charge in [0.25, 0.3) is 0 Å². The van der Waals surface area contributed by atoms with Gasteiger partial charge in [0.2, 0.25) is 0 Å². The molecule has 1 aromatic heterocycles. The molecule has 0 aliphatic heterocycles. The van der Waals surface area contributed by atoms with Gasteiger partial charge in [0.15, 0.2) is 5.75 Å². The van der Waals surface area contributed by atoms with Crippen molar-refractivity contribution >= 4 is 0 Å². The highest BCUT2D eigenvalue weighted by atomic mass is 16.5. The van der Waals surface area contributed by atoms with E-state index < -0.39 is 0 Å². The molecule has 4 unspecified atom stereocenters. The fourth-order valence-corrected chi connectivity index (χ4v) is 4.59. The number of nitrogens with zero attached hydrogens (tertiary/aromatic N) is 2. The van der Waals surface area contributed by atoms with E-state index in [4.69, 9.17) is 4.74 Å². The Bertz CT molecular complexity index is 482. The van der Waals surface area contributed by atoms with Crippen LogP contribution in [0.4, 0.5) is 0 Å². The molecule has 1 aromatic rings. The molecule has 4 atom stereocenters. The average molecular weight is 291 g/mol. The molecule has 4 heteroatoms. The molecular weight excluding hydrogens is 262 g/mol. The van der Waals surface area contributed by atoms with E-state index in [0.29, 0.717) is 12.1 Å². The van der Waals surface area contributed by atoms with Crippen molar-refractivity contribution in [2.24, 2.45) is 17.8 Å². The highest BCUT2D eigenvalue weighted by Gasteiger charge is 2.40. The van der Waals surface area contributed by atoms with Crippen molar-refractivity contribution in [1.29, 1.82) is 0 Å². The van der Waals surface area contributed by atoms with Crippen LogP contribution in [0, 0.1) is 17.8 Å². The second-order valence-electron chi connectivity index (χ2n) is 7.15. The number of fused-ring (bicyclic) bond motifs is 2. The lowest BCUT2D eigenvalue weighted by Gasteiger charge is -2.28. The summed E-state index contributed by atoms with van der Waals surface area (Å²) in [6.45, 7) is 4.36. The van der Waals surface area contributed by atoms with Crippen LogP contribution in [0.5, 0.6) is 5.75 Å². The van der Waals surface area contributed by atoms with E-state index in [1.165, 1.54) is 37.8 Å². The quantitative estimate of drug-likeness (QED) is 0.871. The Hall–Kier alpha value is -1.03.